The molecule has 13 heavy (non-hydrogen) atoms. The molecule has 3 heteroatoms. The highest BCUT2D eigenvalue weighted by atomic mass is 16.3. The molecule has 0 saturated carbocycles. The van der Waals surface area contributed by atoms with Gasteiger partial charge in [0.25, 0.3) is 0 Å². The summed E-state index contributed by atoms with van der Waals surface area (Å²) in [5, 5.41) is 0. The second-order valence-corrected chi connectivity index (χ2v) is 3.22. The summed E-state index contributed by atoms with van der Waals surface area (Å²) in [6, 6.07) is 3.96. The van der Waals surface area contributed by atoms with Crippen molar-refractivity contribution in [1.29, 1.82) is 0 Å². The van der Waals surface area contributed by atoms with Gasteiger partial charge < -0.3 is 4.42 Å². The van der Waals surface area contributed by atoms with E-state index in [0.717, 1.165) is 17.6 Å². The minimum atomic E-state index is 0.481. The van der Waals surface area contributed by atoms with Crippen LogP contribution in [0.4, 0.5) is 0 Å². The minimum absolute atomic E-state index is 0.481. The second-order valence-electron chi connectivity index (χ2n) is 3.22. The van der Waals surface area contributed by atoms with Crippen molar-refractivity contribution in [2.75, 3.05) is 0 Å². The molecule has 1 atom stereocenters. The second kappa shape index (κ2) is 3.17. The fourth-order valence-corrected chi connectivity index (χ4v) is 1.25. The third-order valence-electron chi connectivity index (χ3n) is 2.34. The van der Waals surface area contributed by atoms with E-state index in [1.165, 1.54) is 6.39 Å². The van der Waals surface area contributed by atoms with Gasteiger partial charge in [0.2, 0.25) is 5.71 Å². The lowest BCUT2D eigenvalue weighted by Crippen LogP contribution is -1.94. The minimum Gasteiger partial charge on any atom is -0.425 e. The van der Waals surface area contributed by atoms with Crippen molar-refractivity contribution in [2.24, 2.45) is 0 Å². The Kier molecular flexibility index (Phi) is 2.00. The van der Waals surface area contributed by atoms with Crippen molar-refractivity contribution in [3.63, 3.8) is 0 Å². The number of oxazole rings is 1. The summed E-state index contributed by atoms with van der Waals surface area (Å²) in [5.74, 6) is 0.481. The standard InChI is InChI=1S/C10H12N2O/c1-3-7(2)8-4-5-9-10(12-8)13-6-11-9/h4-7H,3H2,1-2H3. The maximum Gasteiger partial charge on any atom is 0.246 e. The number of hydrogen-bond donors (Lipinski definition) is 0. The molecule has 0 amide bonds. The van der Waals surface area contributed by atoms with E-state index in [1.807, 2.05) is 12.1 Å². The third-order valence-corrected chi connectivity index (χ3v) is 2.34. The van der Waals surface area contributed by atoms with Crippen LogP contribution in [0, 0.1) is 0 Å². The first-order valence-corrected chi connectivity index (χ1v) is 4.51. The lowest BCUT2D eigenvalue weighted by atomic mass is 10.0. The smallest absolute Gasteiger partial charge is 0.246 e. The average molecular weight is 176 g/mol. The van der Waals surface area contributed by atoms with Crippen LogP contribution < -0.4 is 0 Å². The van der Waals surface area contributed by atoms with Gasteiger partial charge >= 0.3 is 0 Å². The van der Waals surface area contributed by atoms with Crippen molar-refractivity contribution in [3.05, 3.63) is 24.2 Å². The van der Waals surface area contributed by atoms with Crippen molar-refractivity contribution in [2.45, 2.75) is 26.2 Å². The molecule has 0 radical (unpaired) electrons. The summed E-state index contributed by atoms with van der Waals surface area (Å²) < 4.78 is 5.13. The van der Waals surface area contributed by atoms with Crippen LogP contribution in [0.2, 0.25) is 0 Å². The Morgan fingerprint density at radius 1 is 1.46 bits per heavy atom. The zero-order valence-corrected chi connectivity index (χ0v) is 7.82. The van der Waals surface area contributed by atoms with E-state index in [1.54, 1.807) is 0 Å². The summed E-state index contributed by atoms with van der Waals surface area (Å²) in [6.07, 6.45) is 2.52. The van der Waals surface area contributed by atoms with Crippen LogP contribution in [0.1, 0.15) is 31.9 Å². The van der Waals surface area contributed by atoms with E-state index < -0.39 is 0 Å². The van der Waals surface area contributed by atoms with Gasteiger partial charge in [-0.25, -0.2) is 9.97 Å². The molecule has 0 N–H and O–H groups in total. The summed E-state index contributed by atoms with van der Waals surface area (Å²) in [4.78, 5) is 8.39. The van der Waals surface area contributed by atoms with Gasteiger partial charge in [-0.2, -0.15) is 0 Å². The van der Waals surface area contributed by atoms with Crippen LogP contribution in [0.3, 0.4) is 0 Å². The van der Waals surface area contributed by atoms with Gasteiger partial charge in [0.15, 0.2) is 6.39 Å². The van der Waals surface area contributed by atoms with E-state index in [0.29, 0.717) is 11.6 Å². The Balaban J connectivity index is 2.48. The fraction of sp³-hybridized carbons (Fsp3) is 0.400. The molecule has 2 heterocycles. The first kappa shape index (κ1) is 8.23. The van der Waals surface area contributed by atoms with E-state index in [-0.39, 0.29) is 0 Å². The maximum atomic E-state index is 5.13. The molecule has 1 unspecified atom stereocenters. The predicted molar refractivity (Wildman–Crippen MR) is 50.5 cm³/mol. The van der Waals surface area contributed by atoms with Crippen molar-refractivity contribution in [1.82, 2.24) is 9.97 Å². The number of pyridine rings is 1. The molecule has 0 saturated heterocycles. The molecule has 0 fully saturated rings. The summed E-state index contributed by atoms with van der Waals surface area (Å²) in [7, 11) is 0. The van der Waals surface area contributed by atoms with Crippen LogP contribution in [0.5, 0.6) is 0 Å². The zero-order valence-electron chi connectivity index (χ0n) is 7.82. The van der Waals surface area contributed by atoms with Crippen molar-refractivity contribution >= 4 is 11.2 Å². The Labute approximate surface area is 76.8 Å². The SMILES string of the molecule is CCC(C)c1ccc2ncoc2n1. The fourth-order valence-electron chi connectivity index (χ4n) is 1.25. The molecule has 2 aromatic heterocycles. The van der Waals surface area contributed by atoms with Gasteiger partial charge in [0, 0.05) is 5.69 Å². The van der Waals surface area contributed by atoms with Crippen molar-refractivity contribution in [3.8, 4) is 0 Å². The topological polar surface area (TPSA) is 38.9 Å². The van der Waals surface area contributed by atoms with Gasteiger partial charge in [0.1, 0.15) is 5.52 Å². The molecule has 68 valence electrons. The molecular weight excluding hydrogens is 164 g/mol. The van der Waals surface area contributed by atoms with Crippen LogP contribution in [0.25, 0.3) is 11.2 Å². The summed E-state index contributed by atoms with van der Waals surface area (Å²) in [6.45, 7) is 4.31. The Hall–Kier alpha value is -1.38. The summed E-state index contributed by atoms with van der Waals surface area (Å²) >= 11 is 0. The normalized spacial score (nSPS) is 13.4. The van der Waals surface area contributed by atoms with Gasteiger partial charge in [-0.3, -0.25) is 0 Å². The highest BCUT2D eigenvalue weighted by molar-refractivity contribution is 5.67. The molecular formula is C10H12N2O. The molecule has 0 aliphatic heterocycles. The van der Waals surface area contributed by atoms with Crippen LogP contribution in [0.15, 0.2) is 22.9 Å². The average Bonchev–Trinajstić information content (AvgIpc) is 2.63. The number of fused-ring (bicyclic) bond motifs is 1. The molecule has 0 aliphatic rings. The lowest BCUT2D eigenvalue weighted by Gasteiger charge is -2.05. The Morgan fingerprint density at radius 2 is 2.31 bits per heavy atom. The molecule has 0 aromatic carbocycles. The number of nitrogens with zero attached hydrogens (tertiary/aromatic N) is 2. The zero-order chi connectivity index (χ0) is 9.26. The van der Waals surface area contributed by atoms with Gasteiger partial charge in [0.05, 0.1) is 0 Å². The molecule has 2 rings (SSSR count). The Bertz CT molecular complexity index is 408. The number of hydrogen-bond acceptors (Lipinski definition) is 3. The highest BCUT2D eigenvalue weighted by Crippen LogP contribution is 2.19. The molecule has 0 bridgehead atoms. The van der Waals surface area contributed by atoms with Crippen LogP contribution >= 0.6 is 0 Å². The third kappa shape index (κ3) is 1.41. The monoisotopic (exact) mass is 176 g/mol. The largest absolute Gasteiger partial charge is 0.425 e. The molecule has 2 aromatic rings. The van der Waals surface area contributed by atoms with E-state index in [9.17, 15) is 0 Å². The van der Waals surface area contributed by atoms with E-state index >= 15 is 0 Å². The van der Waals surface area contributed by atoms with E-state index in [2.05, 4.69) is 23.8 Å². The van der Waals surface area contributed by atoms with Crippen molar-refractivity contribution < 1.29 is 4.42 Å². The summed E-state index contributed by atoms with van der Waals surface area (Å²) in [5.41, 5.74) is 2.54. The molecule has 0 aliphatic carbocycles. The van der Waals surface area contributed by atoms with Crippen LogP contribution in [-0.2, 0) is 0 Å². The lowest BCUT2D eigenvalue weighted by molar-refractivity contribution is 0.585. The number of aromatic nitrogens is 2. The maximum absolute atomic E-state index is 5.13. The Morgan fingerprint density at radius 3 is 3.08 bits per heavy atom. The predicted octanol–water partition coefficient (Wildman–Crippen LogP) is 2.74. The first-order valence-electron chi connectivity index (χ1n) is 4.51. The molecule has 0 spiro atoms. The van der Waals surface area contributed by atoms with Gasteiger partial charge in [-0.15, -0.1) is 0 Å². The number of rotatable bonds is 2. The van der Waals surface area contributed by atoms with Gasteiger partial charge in [-0.05, 0) is 24.5 Å². The first-order chi connectivity index (χ1) is 6.31. The van der Waals surface area contributed by atoms with Gasteiger partial charge in [-0.1, -0.05) is 13.8 Å². The van der Waals surface area contributed by atoms with Crippen LogP contribution in [-0.4, -0.2) is 9.97 Å². The quantitative estimate of drug-likeness (QED) is 0.706. The molecule has 3 nitrogen and oxygen atoms in total. The van der Waals surface area contributed by atoms with E-state index in [4.69, 9.17) is 4.42 Å². The highest BCUT2D eigenvalue weighted by Gasteiger charge is 2.06.